The van der Waals surface area contributed by atoms with Crippen LogP contribution in [0.3, 0.4) is 0 Å². The highest BCUT2D eigenvalue weighted by Crippen LogP contribution is 2.23. The molecule has 1 aliphatic heterocycles. The number of rotatable bonds is 8. The lowest BCUT2D eigenvalue weighted by molar-refractivity contribution is 0.127. The van der Waals surface area contributed by atoms with Crippen LogP contribution in [-0.2, 0) is 13.1 Å². The van der Waals surface area contributed by atoms with Crippen molar-refractivity contribution in [2.75, 3.05) is 26.7 Å². The molecule has 0 aromatic heterocycles. The Hall–Kier alpha value is -2.31. The molecule has 1 N–H and O–H groups in total. The molecule has 32 heavy (non-hydrogen) atoms. The Bertz CT molecular complexity index is 883. The SMILES string of the molecule is CC(C)COc1ccc(CNC(=O)N(Cc2ccc(F)cc2Cl)C2CCN(C)CC2)cc1. The molecule has 0 unspecified atom stereocenters. The van der Waals surface area contributed by atoms with Crippen LogP contribution in [-0.4, -0.2) is 48.6 Å². The van der Waals surface area contributed by atoms with E-state index in [4.69, 9.17) is 16.3 Å². The summed E-state index contributed by atoms with van der Waals surface area (Å²) in [4.78, 5) is 17.3. The van der Waals surface area contributed by atoms with Crippen LogP contribution in [0.15, 0.2) is 42.5 Å². The minimum atomic E-state index is -0.380. The lowest BCUT2D eigenvalue weighted by Crippen LogP contribution is -2.49. The van der Waals surface area contributed by atoms with E-state index < -0.39 is 0 Å². The smallest absolute Gasteiger partial charge is 0.318 e. The molecule has 1 saturated heterocycles. The van der Waals surface area contributed by atoms with Gasteiger partial charge in [0.05, 0.1) is 6.61 Å². The monoisotopic (exact) mass is 461 g/mol. The fourth-order valence-electron chi connectivity index (χ4n) is 3.75. The van der Waals surface area contributed by atoms with Gasteiger partial charge in [-0.15, -0.1) is 0 Å². The molecular formula is C25H33ClFN3O2. The van der Waals surface area contributed by atoms with Gasteiger partial charge in [-0.25, -0.2) is 9.18 Å². The first-order chi connectivity index (χ1) is 15.3. The van der Waals surface area contributed by atoms with Gasteiger partial charge < -0.3 is 19.9 Å². The summed E-state index contributed by atoms with van der Waals surface area (Å²) in [6.45, 7) is 7.53. The summed E-state index contributed by atoms with van der Waals surface area (Å²) in [7, 11) is 2.09. The molecule has 0 aliphatic carbocycles. The molecule has 7 heteroatoms. The Morgan fingerprint density at radius 1 is 1.22 bits per heavy atom. The third-order valence-corrected chi connectivity index (χ3v) is 6.05. The lowest BCUT2D eigenvalue weighted by Gasteiger charge is -2.37. The number of urea groups is 1. The van der Waals surface area contributed by atoms with Crippen molar-refractivity contribution in [3.8, 4) is 5.75 Å². The first-order valence-corrected chi connectivity index (χ1v) is 11.6. The Kier molecular flexibility index (Phi) is 8.76. The summed E-state index contributed by atoms with van der Waals surface area (Å²) in [6.07, 6.45) is 1.79. The second-order valence-corrected chi connectivity index (χ2v) is 9.31. The molecule has 0 bridgehead atoms. The zero-order chi connectivity index (χ0) is 23.1. The maximum absolute atomic E-state index is 13.5. The standard InChI is InChI=1S/C25H33ClFN3O2/c1-18(2)17-32-23-8-4-19(5-9-23)15-28-25(31)30(22-10-12-29(3)13-11-22)16-20-6-7-21(27)14-24(20)26/h4-9,14,18,22H,10-13,15-17H2,1-3H3,(H,28,31). The van der Waals surface area contributed by atoms with Gasteiger partial charge in [0.1, 0.15) is 11.6 Å². The van der Waals surface area contributed by atoms with Crippen LogP contribution in [0.1, 0.15) is 37.8 Å². The normalized spacial score (nSPS) is 15.1. The largest absolute Gasteiger partial charge is 0.493 e. The van der Waals surface area contributed by atoms with Gasteiger partial charge in [-0.3, -0.25) is 0 Å². The van der Waals surface area contributed by atoms with E-state index >= 15 is 0 Å². The molecule has 3 rings (SSSR count). The summed E-state index contributed by atoms with van der Waals surface area (Å²) in [5.74, 6) is 0.914. The molecular weight excluding hydrogens is 429 g/mol. The molecule has 2 aromatic rings. The number of hydrogen-bond acceptors (Lipinski definition) is 3. The first kappa shape index (κ1) is 24.3. The molecule has 0 spiro atoms. The topological polar surface area (TPSA) is 44.8 Å². The van der Waals surface area contributed by atoms with Crippen LogP contribution in [0.25, 0.3) is 0 Å². The van der Waals surface area contributed by atoms with Gasteiger partial charge in [0.2, 0.25) is 0 Å². The minimum Gasteiger partial charge on any atom is -0.493 e. The Balaban J connectivity index is 1.65. The Morgan fingerprint density at radius 2 is 1.91 bits per heavy atom. The molecule has 0 radical (unpaired) electrons. The van der Waals surface area contributed by atoms with Gasteiger partial charge in [-0.05, 0) is 74.3 Å². The van der Waals surface area contributed by atoms with E-state index in [9.17, 15) is 9.18 Å². The van der Waals surface area contributed by atoms with E-state index in [2.05, 4.69) is 31.1 Å². The molecule has 0 atom stereocenters. The molecule has 1 heterocycles. The Morgan fingerprint density at radius 3 is 2.53 bits per heavy atom. The number of likely N-dealkylation sites (tertiary alicyclic amines) is 1. The van der Waals surface area contributed by atoms with Crippen molar-refractivity contribution in [1.29, 1.82) is 0 Å². The second-order valence-electron chi connectivity index (χ2n) is 8.91. The highest BCUT2D eigenvalue weighted by atomic mass is 35.5. The third-order valence-electron chi connectivity index (χ3n) is 5.70. The van der Waals surface area contributed by atoms with Crippen molar-refractivity contribution >= 4 is 17.6 Å². The number of carbonyl (C=O) groups excluding carboxylic acids is 1. The zero-order valence-corrected chi connectivity index (χ0v) is 19.9. The number of benzene rings is 2. The molecule has 2 amide bonds. The van der Waals surface area contributed by atoms with Crippen molar-refractivity contribution < 1.29 is 13.9 Å². The number of nitrogens with one attached hydrogen (secondary N) is 1. The minimum absolute atomic E-state index is 0.110. The van der Waals surface area contributed by atoms with Crippen LogP contribution in [0.2, 0.25) is 5.02 Å². The first-order valence-electron chi connectivity index (χ1n) is 11.2. The van der Waals surface area contributed by atoms with Crippen molar-refractivity contribution in [2.24, 2.45) is 5.92 Å². The predicted molar refractivity (Wildman–Crippen MR) is 126 cm³/mol. The van der Waals surface area contributed by atoms with E-state index in [0.29, 0.717) is 30.6 Å². The maximum Gasteiger partial charge on any atom is 0.318 e. The summed E-state index contributed by atoms with van der Waals surface area (Å²) >= 11 is 6.25. The van der Waals surface area contributed by atoms with Crippen LogP contribution < -0.4 is 10.1 Å². The fraction of sp³-hybridized carbons (Fsp3) is 0.480. The molecule has 1 fully saturated rings. The molecule has 5 nitrogen and oxygen atoms in total. The number of hydrogen-bond donors (Lipinski definition) is 1. The van der Waals surface area contributed by atoms with Crippen LogP contribution in [0.4, 0.5) is 9.18 Å². The maximum atomic E-state index is 13.5. The highest BCUT2D eigenvalue weighted by Gasteiger charge is 2.27. The average molecular weight is 462 g/mol. The van der Waals surface area contributed by atoms with Gasteiger partial charge in [0, 0.05) is 24.2 Å². The molecule has 2 aromatic carbocycles. The van der Waals surface area contributed by atoms with Gasteiger partial charge in [-0.1, -0.05) is 43.6 Å². The summed E-state index contributed by atoms with van der Waals surface area (Å²) in [5.41, 5.74) is 1.74. The number of halogens is 2. The van der Waals surface area contributed by atoms with Gasteiger partial charge in [0.25, 0.3) is 0 Å². The van der Waals surface area contributed by atoms with Gasteiger partial charge in [0.15, 0.2) is 0 Å². The molecule has 1 aliphatic rings. The van der Waals surface area contributed by atoms with Crippen molar-refractivity contribution in [1.82, 2.24) is 15.1 Å². The lowest BCUT2D eigenvalue weighted by atomic mass is 10.0. The van der Waals surface area contributed by atoms with Gasteiger partial charge >= 0.3 is 6.03 Å². The van der Waals surface area contributed by atoms with E-state index in [1.807, 2.05) is 29.2 Å². The zero-order valence-electron chi connectivity index (χ0n) is 19.1. The van der Waals surface area contributed by atoms with Gasteiger partial charge in [-0.2, -0.15) is 0 Å². The third kappa shape index (κ3) is 7.10. The number of piperidine rings is 1. The second kappa shape index (κ2) is 11.5. The quantitative estimate of drug-likeness (QED) is 0.578. The predicted octanol–water partition coefficient (Wildman–Crippen LogP) is 5.32. The molecule has 174 valence electrons. The number of nitrogens with zero attached hydrogens (tertiary/aromatic N) is 2. The van der Waals surface area contributed by atoms with E-state index in [1.54, 1.807) is 6.07 Å². The van der Waals surface area contributed by atoms with E-state index in [-0.39, 0.29) is 17.9 Å². The highest BCUT2D eigenvalue weighted by molar-refractivity contribution is 6.31. The average Bonchev–Trinajstić information content (AvgIpc) is 2.77. The van der Waals surface area contributed by atoms with Crippen LogP contribution >= 0.6 is 11.6 Å². The number of carbonyl (C=O) groups is 1. The van der Waals surface area contributed by atoms with Crippen molar-refractivity contribution in [3.63, 3.8) is 0 Å². The molecule has 0 saturated carbocycles. The summed E-state index contributed by atoms with van der Waals surface area (Å²) < 4.78 is 19.2. The number of amides is 2. The van der Waals surface area contributed by atoms with E-state index in [0.717, 1.165) is 42.8 Å². The fourth-order valence-corrected chi connectivity index (χ4v) is 3.98. The summed E-state index contributed by atoms with van der Waals surface area (Å²) in [5, 5.41) is 3.38. The summed E-state index contributed by atoms with van der Waals surface area (Å²) in [6, 6.07) is 12.1. The van der Waals surface area contributed by atoms with Crippen LogP contribution in [0.5, 0.6) is 5.75 Å². The number of ether oxygens (including phenoxy) is 1. The van der Waals surface area contributed by atoms with E-state index in [1.165, 1.54) is 12.1 Å². The Labute approximate surface area is 195 Å². The van der Waals surface area contributed by atoms with Crippen molar-refractivity contribution in [2.45, 2.75) is 45.8 Å². The van der Waals surface area contributed by atoms with Crippen molar-refractivity contribution in [3.05, 3.63) is 64.4 Å². The van der Waals surface area contributed by atoms with Crippen LogP contribution in [0, 0.1) is 11.7 Å².